The molecule has 2 aromatic carbocycles. The van der Waals surface area contributed by atoms with Gasteiger partial charge in [-0.05, 0) is 48.7 Å². The summed E-state index contributed by atoms with van der Waals surface area (Å²) < 4.78 is 14.9. The number of carbonyl (C=O) groups excluding carboxylic acids is 1. The van der Waals surface area contributed by atoms with Gasteiger partial charge in [0, 0.05) is 24.2 Å². The predicted molar refractivity (Wildman–Crippen MR) is 112 cm³/mol. The number of nitrogens with one attached hydrogen (secondary N) is 1. The summed E-state index contributed by atoms with van der Waals surface area (Å²) in [5.74, 6) is -0.357. The number of hydrogen-bond donors (Lipinski definition) is 1. The fourth-order valence-electron chi connectivity index (χ4n) is 2.91. The molecule has 1 heterocycles. The Kier molecular flexibility index (Phi) is 6.26. The lowest BCUT2D eigenvalue weighted by atomic mass is 9.99. The Labute approximate surface area is 169 Å². The van der Waals surface area contributed by atoms with Crippen LogP contribution in [0.1, 0.15) is 33.1 Å². The van der Waals surface area contributed by atoms with Crippen molar-refractivity contribution >= 4 is 23.0 Å². The van der Waals surface area contributed by atoms with Gasteiger partial charge in [0.1, 0.15) is 5.82 Å². The number of pyridine rings is 1. The number of ketones is 1. The van der Waals surface area contributed by atoms with Crippen LogP contribution in [0.3, 0.4) is 0 Å². The maximum atomic E-state index is 13.3. The highest BCUT2D eigenvalue weighted by molar-refractivity contribution is 7.80. The molecule has 0 aliphatic carbocycles. The number of benzene rings is 2. The van der Waals surface area contributed by atoms with Gasteiger partial charge in [0.15, 0.2) is 17.4 Å². The van der Waals surface area contributed by atoms with E-state index in [0.29, 0.717) is 17.1 Å². The van der Waals surface area contributed by atoms with Crippen molar-refractivity contribution in [2.75, 3.05) is 0 Å². The number of Topliss-reactive ketones (excluding diaryl/α,β-unsaturated/α-hetero) is 1. The second-order valence-electron chi connectivity index (χ2n) is 6.73. The summed E-state index contributed by atoms with van der Waals surface area (Å²) in [5.41, 5.74) is 3.71. The zero-order chi connectivity index (χ0) is 20.1. The molecule has 0 aliphatic rings. The van der Waals surface area contributed by atoms with E-state index in [4.69, 9.17) is 12.2 Å². The maximum absolute atomic E-state index is 13.3. The number of thiocarbonyl (C=S) groups is 1. The maximum Gasteiger partial charge on any atom is 0.270 e. The van der Waals surface area contributed by atoms with E-state index in [1.165, 1.54) is 12.1 Å². The van der Waals surface area contributed by atoms with E-state index in [-0.39, 0.29) is 11.6 Å². The summed E-state index contributed by atoms with van der Waals surface area (Å²) in [5, 5.41) is 3.16. The molecule has 0 amide bonds. The highest BCUT2D eigenvalue weighted by Crippen LogP contribution is 2.16. The van der Waals surface area contributed by atoms with Crippen LogP contribution in [0.5, 0.6) is 0 Å². The molecule has 142 valence electrons. The van der Waals surface area contributed by atoms with Crippen LogP contribution in [-0.4, -0.2) is 10.8 Å². The van der Waals surface area contributed by atoms with Crippen LogP contribution in [0.15, 0.2) is 73.1 Å². The second kappa shape index (κ2) is 8.85. The number of hydrogen-bond acceptors (Lipinski definition) is 2. The first kappa shape index (κ1) is 19.8. The van der Waals surface area contributed by atoms with Crippen LogP contribution in [0.25, 0.3) is 0 Å². The number of aromatic nitrogens is 1. The summed E-state index contributed by atoms with van der Waals surface area (Å²) in [7, 11) is 0. The van der Waals surface area contributed by atoms with Crippen molar-refractivity contribution in [1.82, 2.24) is 5.32 Å². The Morgan fingerprint density at radius 2 is 1.71 bits per heavy atom. The van der Waals surface area contributed by atoms with E-state index < -0.39 is 6.04 Å². The fraction of sp³-hybridized carbons (Fsp3) is 0.174. The van der Waals surface area contributed by atoms with Crippen LogP contribution in [0.4, 0.5) is 4.39 Å². The highest BCUT2D eigenvalue weighted by atomic mass is 32.1. The van der Waals surface area contributed by atoms with Gasteiger partial charge in [-0.25, -0.2) is 4.39 Å². The van der Waals surface area contributed by atoms with Crippen molar-refractivity contribution in [3.8, 4) is 0 Å². The van der Waals surface area contributed by atoms with Crippen molar-refractivity contribution in [3.63, 3.8) is 0 Å². The van der Waals surface area contributed by atoms with Gasteiger partial charge in [-0.1, -0.05) is 42.5 Å². The first-order valence-electron chi connectivity index (χ1n) is 9.05. The quantitative estimate of drug-likeness (QED) is 0.386. The molecule has 0 spiro atoms. The third-order valence-corrected chi connectivity index (χ3v) is 5.07. The second-order valence-corrected chi connectivity index (χ2v) is 7.17. The van der Waals surface area contributed by atoms with Crippen LogP contribution >= 0.6 is 12.2 Å². The minimum atomic E-state index is -0.654. The number of rotatable bonds is 6. The average molecular weight is 394 g/mol. The Hall–Kier alpha value is -2.92. The van der Waals surface area contributed by atoms with Gasteiger partial charge in [-0.3, -0.25) is 4.79 Å². The van der Waals surface area contributed by atoms with E-state index in [0.717, 1.165) is 16.7 Å². The third-order valence-electron chi connectivity index (χ3n) is 4.70. The summed E-state index contributed by atoms with van der Waals surface area (Å²) in [6.45, 7) is 4.42. The average Bonchev–Trinajstić information content (AvgIpc) is 2.70. The molecule has 0 unspecified atom stereocenters. The van der Waals surface area contributed by atoms with E-state index in [2.05, 4.69) is 5.32 Å². The zero-order valence-corrected chi connectivity index (χ0v) is 16.7. The highest BCUT2D eigenvalue weighted by Gasteiger charge is 2.33. The van der Waals surface area contributed by atoms with Crippen LogP contribution < -0.4 is 9.88 Å². The Balaban J connectivity index is 1.86. The van der Waals surface area contributed by atoms with E-state index in [9.17, 15) is 9.18 Å². The lowest BCUT2D eigenvalue weighted by Gasteiger charge is -2.15. The Bertz CT molecular complexity index is 987. The lowest BCUT2D eigenvalue weighted by Crippen LogP contribution is -2.51. The third kappa shape index (κ3) is 4.67. The topological polar surface area (TPSA) is 33.0 Å². The monoisotopic (exact) mass is 393 g/mol. The lowest BCUT2D eigenvalue weighted by molar-refractivity contribution is -0.692. The Morgan fingerprint density at radius 3 is 2.36 bits per heavy atom. The summed E-state index contributed by atoms with van der Waals surface area (Å²) in [4.78, 5) is 13.7. The zero-order valence-electron chi connectivity index (χ0n) is 15.9. The SMILES string of the molecule is Cc1ccc(C(=O)[C@@H](C(=S)NCc2ccc(F)cc2)[n+]2ccccc2)cc1C. The fourth-order valence-corrected chi connectivity index (χ4v) is 3.22. The van der Waals surface area contributed by atoms with Crippen LogP contribution in [0, 0.1) is 19.7 Å². The summed E-state index contributed by atoms with van der Waals surface area (Å²) >= 11 is 5.59. The molecule has 3 rings (SSSR count). The van der Waals surface area contributed by atoms with Crippen LogP contribution in [0.2, 0.25) is 0 Å². The molecule has 3 nitrogen and oxygen atoms in total. The minimum absolute atomic E-state index is 0.0732. The molecule has 0 saturated carbocycles. The molecule has 28 heavy (non-hydrogen) atoms. The normalized spacial score (nSPS) is 11.7. The molecule has 0 saturated heterocycles. The largest absolute Gasteiger partial charge is 0.370 e. The number of carbonyl (C=O) groups is 1. The smallest absolute Gasteiger partial charge is 0.270 e. The summed E-state index contributed by atoms with van der Waals surface area (Å²) in [6, 6.07) is 16.9. The van der Waals surface area contributed by atoms with E-state index in [1.807, 2.05) is 62.6 Å². The minimum Gasteiger partial charge on any atom is -0.370 e. The van der Waals surface area contributed by atoms with Gasteiger partial charge in [0.25, 0.3) is 6.04 Å². The van der Waals surface area contributed by atoms with Crippen molar-refractivity contribution in [1.29, 1.82) is 0 Å². The molecule has 1 N–H and O–H groups in total. The molecule has 0 radical (unpaired) electrons. The first-order valence-corrected chi connectivity index (χ1v) is 9.46. The van der Waals surface area contributed by atoms with Gasteiger partial charge < -0.3 is 5.32 Å². The van der Waals surface area contributed by atoms with E-state index >= 15 is 0 Å². The van der Waals surface area contributed by atoms with Gasteiger partial charge in [-0.2, -0.15) is 4.57 Å². The molecule has 0 aliphatic heterocycles. The molecule has 3 aromatic rings. The van der Waals surface area contributed by atoms with Gasteiger partial charge in [-0.15, -0.1) is 0 Å². The van der Waals surface area contributed by atoms with Crippen molar-refractivity contribution in [2.45, 2.75) is 26.4 Å². The molecule has 1 aromatic heterocycles. The molecule has 1 atom stereocenters. The molecular weight excluding hydrogens is 371 g/mol. The standard InChI is InChI=1S/C23H21FN2OS/c1-16-6-9-19(14-17(16)2)22(27)21(26-12-4-3-5-13-26)23(28)25-15-18-7-10-20(24)11-8-18/h3-14,21H,15H2,1-2H3/p+1/t21-/m0/s1. The molecular formula is C23H22FN2OS+. The molecule has 0 bridgehead atoms. The predicted octanol–water partition coefficient (Wildman–Crippen LogP) is 4.27. The van der Waals surface area contributed by atoms with Gasteiger partial charge in [0.05, 0.1) is 0 Å². The summed E-state index contributed by atoms with van der Waals surface area (Å²) in [6.07, 6.45) is 3.66. The van der Waals surface area contributed by atoms with Crippen molar-refractivity contribution < 1.29 is 13.8 Å². The van der Waals surface area contributed by atoms with E-state index in [1.54, 1.807) is 16.7 Å². The Morgan fingerprint density at radius 1 is 1.04 bits per heavy atom. The van der Waals surface area contributed by atoms with Gasteiger partial charge in [0.2, 0.25) is 5.78 Å². The van der Waals surface area contributed by atoms with Gasteiger partial charge >= 0.3 is 0 Å². The molecule has 0 fully saturated rings. The number of halogens is 1. The number of aryl methyl sites for hydroxylation is 2. The number of nitrogens with zero attached hydrogens (tertiary/aromatic N) is 1. The van der Waals surface area contributed by atoms with Crippen molar-refractivity contribution in [2.24, 2.45) is 0 Å². The van der Waals surface area contributed by atoms with Crippen molar-refractivity contribution in [3.05, 3.63) is 101 Å². The molecule has 5 heteroatoms. The van der Waals surface area contributed by atoms with Crippen LogP contribution in [-0.2, 0) is 6.54 Å². The first-order chi connectivity index (χ1) is 13.5.